The van der Waals surface area contributed by atoms with E-state index in [1.165, 1.54) is 0 Å². The van der Waals surface area contributed by atoms with Gasteiger partial charge in [0.1, 0.15) is 12.4 Å². The van der Waals surface area contributed by atoms with Gasteiger partial charge in [-0.25, -0.2) is 8.78 Å². The Morgan fingerprint density at radius 1 is 1.37 bits per heavy atom. The first-order chi connectivity index (χ1) is 12.7. The Balaban J connectivity index is 2.12. The smallest absolute Gasteiger partial charge is 0.303 e. The molecule has 1 aromatic rings. The Kier molecular flexibility index (Phi) is 6.88. The van der Waals surface area contributed by atoms with Crippen molar-refractivity contribution in [1.82, 2.24) is 0 Å². The molecule has 0 saturated carbocycles. The number of alkyl halides is 2. The Morgan fingerprint density at radius 3 is 2.74 bits per heavy atom. The van der Waals surface area contributed by atoms with E-state index in [-0.39, 0.29) is 25.9 Å². The fourth-order valence-electron chi connectivity index (χ4n) is 3.13. The first kappa shape index (κ1) is 20.8. The number of hydrogen-bond acceptors (Lipinski definition) is 3. The molecule has 0 heterocycles. The molecule has 1 N–H and O–H groups in total. The zero-order valence-corrected chi connectivity index (χ0v) is 15.9. The predicted octanol–water partition coefficient (Wildman–Crippen LogP) is 5.11. The maximum atomic E-state index is 13.9. The van der Waals surface area contributed by atoms with E-state index in [0.29, 0.717) is 23.3 Å². The number of rotatable bonds is 8. The fourth-order valence-corrected chi connectivity index (χ4v) is 3.13. The normalized spacial score (nSPS) is 17.0. The molecule has 27 heavy (non-hydrogen) atoms. The highest BCUT2D eigenvalue weighted by atomic mass is 19.3. The van der Waals surface area contributed by atoms with Crippen LogP contribution < -0.4 is 4.74 Å². The SMILES string of the molecule is C/C=N\C=C(/C)C1=C(COc2ccc(CCC(=O)O)cc2C)CC(F)(F)C1. The average Bonchev–Trinajstić information content (AvgIpc) is 2.91. The van der Waals surface area contributed by atoms with Crippen molar-refractivity contribution in [3.8, 4) is 5.75 Å². The van der Waals surface area contributed by atoms with Crippen molar-refractivity contribution in [3.63, 3.8) is 0 Å². The second-order valence-corrected chi connectivity index (χ2v) is 6.79. The summed E-state index contributed by atoms with van der Waals surface area (Å²) < 4.78 is 33.7. The van der Waals surface area contributed by atoms with Crippen molar-refractivity contribution in [2.75, 3.05) is 6.61 Å². The maximum Gasteiger partial charge on any atom is 0.303 e. The van der Waals surface area contributed by atoms with E-state index >= 15 is 0 Å². The van der Waals surface area contributed by atoms with Gasteiger partial charge in [-0.3, -0.25) is 9.79 Å². The fraction of sp³-hybridized carbons (Fsp3) is 0.429. The number of aliphatic carboxylic acids is 1. The van der Waals surface area contributed by atoms with E-state index < -0.39 is 11.9 Å². The van der Waals surface area contributed by atoms with Gasteiger partial charge in [-0.05, 0) is 61.1 Å². The van der Waals surface area contributed by atoms with Crippen LogP contribution in [0.25, 0.3) is 0 Å². The lowest BCUT2D eigenvalue weighted by Crippen LogP contribution is -2.12. The lowest BCUT2D eigenvalue weighted by atomic mass is 10.0. The Hall–Kier alpha value is -2.50. The first-order valence-electron chi connectivity index (χ1n) is 8.89. The second kappa shape index (κ2) is 8.93. The number of halogens is 2. The third-order valence-electron chi connectivity index (χ3n) is 4.50. The molecule has 1 aromatic carbocycles. The molecule has 2 rings (SSSR count). The standard InChI is InChI=1S/C21H25F2NO3/c1-4-24-12-15(3)18-11-21(22,23)10-17(18)13-27-19-7-5-16(9-14(19)2)6-8-20(25)26/h4-5,7,9,12H,6,8,10-11,13H2,1-3H3,(H,25,26)/b15-12+,24-4-. The van der Waals surface area contributed by atoms with Gasteiger partial charge in [0.15, 0.2) is 0 Å². The summed E-state index contributed by atoms with van der Waals surface area (Å²) in [4.78, 5) is 14.7. The van der Waals surface area contributed by atoms with E-state index in [1.54, 1.807) is 32.3 Å². The minimum absolute atomic E-state index is 0.0663. The summed E-state index contributed by atoms with van der Waals surface area (Å²) >= 11 is 0. The number of hydrogen-bond donors (Lipinski definition) is 1. The molecule has 6 heteroatoms. The van der Waals surface area contributed by atoms with Crippen molar-refractivity contribution in [3.05, 3.63) is 52.2 Å². The molecule has 0 radical (unpaired) electrons. The maximum absolute atomic E-state index is 13.9. The van der Waals surface area contributed by atoms with Crippen molar-refractivity contribution >= 4 is 12.2 Å². The summed E-state index contributed by atoms with van der Waals surface area (Å²) in [5, 5.41) is 8.77. The zero-order valence-electron chi connectivity index (χ0n) is 15.9. The van der Waals surface area contributed by atoms with Crippen LogP contribution in [0.4, 0.5) is 8.78 Å². The van der Waals surface area contributed by atoms with Crippen molar-refractivity contribution in [1.29, 1.82) is 0 Å². The quantitative estimate of drug-likeness (QED) is 0.640. The van der Waals surface area contributed by atoms with Gasteiger partial charge in [0, 0.05) is 31.7 Å². The highest BCUT2D eigenvalue weighted by Crippen LogP contribution is 2.42. The minimum atomic E-state index is -2.76. The number of nitrogens with zero attached hydrogens (tertiary/aromatic N) is 1. The third kappa shape index (κ3) is 6.01. The zero-order chi connectivity index (χ0) is 20.0. The third-order valence-corrected chi connectivity index (χ3v) is 4.50. The monoisotopic (exact) mass is 377 g/mol. The molecule has 0 aliphatic heterocycles. The molecule has 146 valence electrons. The van der Waals surface area contributed by atoms with Crippen molar-refractivity contribution in [2.45, 2.75) is 52.4 Å². The van der Waals surface area contributed by atoms with Crippen LogP contribution in [0.3, 0.4) is 0 Å². The molecule has 0 aromatic heterocycles. The van der Waals surface area contributed by atoms with Crippen LogP contribution in [-0.4, -0.2) is 29.8 Å². The molecule has 1 aliphatic rings. The Morgan fingerprint density at radius 2 is 2.11 bits per heavy atom. The summed E-state index contributed by atoms with van der Waals surface area (Å²) in [5.41, 5.74) is 3.69. The van der Waals surface area contributed by atoms with Crippen LogP contribution in [0.2, 0.25) is 0 Å². The molecule has 4 nitrogen and oxygen atoms in total. The van der Waals surface area contributed by atoms with Crippen LogP contribution >= 0.6 is 0 Å². The van der Waals surface area contributed by atoms with Crippen LogP contribution in [0.5, 0.6) is 5.75 Å². The summed E-state index contributed by atoms with van der Waals surface area (Å²) in [6, 6.07) is 5.45. The lowest BCUT2D eigenvalue weighted by molar-refractivity contribution is -0.136. The van der Waals surface area contributed by atoms with Gasteiger partial charge in [0.25, 0.3) is 5.92 Å². The predicted molar refractivity (Wildman–Crippen MR) is 102 cm³/mol. The molecule has 0 fully saturated rings. The molecule has 1 aliphatic carbocycles. The molecule has 0 saturated heterocycles. The van der Waals surface area contributed by atoms with Crippen molar-refractivity contribution < 1.29 is 23.4 Å². The largest absolute Gasteiger partial charge is 0.489 e. The molecule has 0 atom stereocenters. The average molecular weight is 377 g/mol. The number of allylic oxidation sites excluding steroid dienone is 2. The number of aryl methyl sites for hydroxylation is 2. The highest BCUT2D eigenvalue weighted by Gasteiger charge is 2.39. The number of aliphatic imine (C=N–C) groups is 1. The van der Waals surface area contributed by atoms with Crippen LogP contribution in [-0.2, 0) is 11.2 Å². The topological polar surface area (TPSA) is 58.9 Å². The number of carboxylic acid groups (broad SMARTS) is 1. The number of benzene rings is 1. The molecular weight excluding hydrogens is 352 g/mol. The van der Waals surface area contributed by atoms with Gasteiger partial charge >= 0.3 is 5.97 Å². The van der Waals surface area contributed by atoms with Crippen LogP contribution in [0.15, 0.2) is 46.1 Å². The second-order valence-electron chi connectivity index (χ2n) is 6.79. The lowest BCUT2D eigenvalue weighted by Gasteiger charge is -2.13. The van der Waals surface area contributed by atoms with E-state index in [4.69, 9.17) is 9.84 Å². The summed E-state index contributed by atoms with van der Waals surface area (Å²) in [6.07, 6.45) is 3.12. The van der Waals surface area contributed by atoms with Gasteiger partial charge in [0.2, 0.25) is 0 Å². The summed E-state index contributed by atoms with van der Waals surface area (Å²) in [6.45, 7) is 5.51. The first-order valence-corrected chi connectivity index (χ1v) is 8.89. The molecule has 0 spiro atoms. The van der Waals surface area contributed by atoms with E-state index in [0.717, 1.165) is 16.7 Å². The van der Waals surface area contributed by atoms with Gasteiger partial charge in [0.05, 0.1) is 0 Å². The Labute approximate surface area is 158 Å². The number of carboxylic acids is 1. The number of carbonyl (C=O) groups is 1. The Bertz CT molecular complexity index is 795. The molecular formula is C21H25F2NO3. The number of ether oxygens (including phenoxy) is 1. The molecule has 0 amide bonds. The van der Waals surface area contributed by atoms with E-state index in [2.05, 4.69) is 4.99 Å². The van der Waals surface area contributed by atoms with Crippen molar-refractivity contribution in [2.24, 2.45) is 4.99 Å². The van der Waals surface area contributed by atoms with Crippen LogP contribution in [0, 0.1) is 6.92 Å². The van der Waals surface area contributed by atoms with Crippen LogP contribution in [0.1, 0.15) is 44.2 Å². The van der Waals surface area contributed by atoms with Gasteiger partial charge in [-0.2, -0.15) is 0 Å². The van der Waals surface area contributed by atoms with Gasteiger partial charge in [-0.15, -0.1) is 0 Å². The van der Waals surface area contributed by atoms with E-state index in [9.17, 15) is 13.6 Å². The summed E-state index contributed by atoms with van der Waals surface area (Å²) in [7, 11) is 0. The minimum Gasteiger partial charge on any atom is -0.489 e. The molecule has 0 unspecified atom stereocenters. The van der Waals surface area contributed by atoms with Gasteiger partial charge in [-0.1, -0.05) is 12.1 Å². The van der Waals surface area contributed by atoms with E-state index in [1.807, 2.05) is 19.1 Å². The summed E-state index contributed by atoms with van der Waals surface area (Å²) in [5.74, 6) is -2.98. The molecule has 0 bridgehead atoms. The highest BCUT2D eigenvalue weighted by molar-refractivity contribution is 5.67. The van der Waals surface area contributed by atoms with Gasteiger partial charge < -0.3 is 9.84 Å².